The predicted octanol–water partition coefficient (Wildman–Crippen LogP) is 3.22. The molecule has 0 spiro atoms. The second-order valence-electron chi connectivity index (χ2n) is 5.54. The van der Waals surface area contributed by atoms with E-state index in [9.17, 15) is 8.42 Å². The van der Waals surface area contributed by atoms with Crippen molar-refractivity contribution in [2.75, 3.05) is 11.9 Å². The number of benzene rings is 1. The highest BCUT2D eigenvalue weighted by Gasteiger charge is 2.12. The molecule has 0 aliphatic heterocycles. The molecule has 20 heavy (non-hydrogen) atoms. The molecule has 0 radical (unpaired) electrons. The summed E-state index contributed by atoms with van der Waals surface area (Å²) in [4.78, 5) is 0.305. The third-order valence-corrected chi connectivity index (χ3v) is 4.65. The molecule has 0 heterocycles. The average molecular weight is 298 g/mol. The minimum atomic E-state index is -3.35. The van der Waals surface area contributed by atoms with Crippen LogP contribution >= 0.6 is 0 Å². The third-order valence-electron chi connectivity index (χ3n) is 3.09. The minimum absolute atomic E-state index is 0.305. The summed E-state index contributed by atoms with van der Waals surface area (Å²) >= 11 is 0. The van der Waals surface area contributed by atoms with Gasteiger partial charge in [0.15, 0.2) is 0 Å². The summed E-state index contributed by atoms with van der Waals surface area (Å²) in [5.74, 6) is 0.701. The molecule has 1 unspecified atom stereocenters. The van der Waals surface area contributed by atoms with E-state index in [1.54, 1.807) is 19.1 Å². The van der Waals surface area contributed by atoms with Gasteiger partial charge in [0.1, 0.15) is 0 Å². The van der Waals surface area contributed by atoms with Crippen molar-refractivity contribution < 1.29 is 8.42 Å². The lowest BCUT2D eigenvalue weighted by atomic mass is 10.0. The quantitative estimate of drug-likeness (QED) is 0.774. The second kappa shape index (κ2) is 7.64. The fourth-order valence-corrected chi connectivity index (χ4v) is 2.98. The van der Waals surface area contributed by atoms with Gasteiger partial charge in [0.05, 0.1) is 4.90 Å². The zero-order valence-electron chi connectivity index (χ0n) is 12.8. The summed E-state index contributed by atoms with van der Waals surface area (Å²) in [5.41, 5.74) is 0.955. The molecule has 1 rings (SSSR count). The Labute approximate surface area is 123 Å². The summed E-state index contributed by atoms with van der Waals surface area (Å²) in [6.45, 7) is 8.74. The third kappa shape index (κ3) is 5.51. The van der Waals surface area contributed by atoms with Gasteiger partial charge in [-0.1, -0.05) is 20.8 Å². The number of hydrogen-bond acceptors (Lipinski definition) is 3. The summed E-state index contributed by atoms with van der Waals surface area (Å²) in [5, 5.41) is 3.39. The SMILES string of the molecule is CCNS(=O)(=O)c1ccc(NC(C)CCC(C)C)cc1. The van der Waals surface area contributed by atoms with Gasteiger partial charge in [-0.05, 0) is 49.9 Å². The summed E-state index contributed by atoms with van der Waals surface area (Å²) in [6.07, 6.45) is 2.29. The van der Waals surface area contributed by atoms with Gasteiger partial charge in [-0.15, -0.1) is 0 Å². The largest absolute Gasteiger partial charge is 0.383 e. The van der Waals surface area contributed by atoms with Crippen LogP contribution in [0.1, 0.15) is 40.5 Å². The van der Waals surface area contributed by atoms with Gasteiger partial charge < -0.3 is 5.32 Å². The van der Waals surface area contributed by atoms with Gasteiger partial charge >= 0.3 is 0 Å². The number of sulfonamides is 1. The van der Waals surface area contributed by atoms with Crippen molar-refractivity contribution in [2.24, 2.45) is 5.92 Å². The molecule has 1 aromatic carbocycles. The first-order valence-corrected chi connectivity index (χ1v) is 8.69. The van der Waals surface area contributed by atoms with Crippen molar-refractivity contribution in [3.05, 3.63) is 24.3 Å². The van der Waals surface area contributed by atoms with E-state index in [1.807, 2.05) is 12.1 Å². The van der Waals surface area contributed by atoms with Crippen LogP contribution in [0.4, 0.5) is 5.69 Å². The van der Waals surface area contributed by atoms with E-state index < -0.39 is 10.0 Å². The van der Waals surface area contributed by atoms with Crippen LogP contribution in [0.25, 0.3) is 0 Å². The Hall–Kier alpha value is -1.07. The van der Waals surface area contributed by atoms with Crippen molar-refractivity contribution in [1.82, 2.24) is 4.72 Å². The topological polar surface area (TPSA) is 58.2 Å². The lowest BCUT2D eigenvalue weighted by molar-refractivity contribution is 0.527. The Morgan fingerprint density at radius 1 is 1.05 bits per heavy atom. The maximum Gasteiger partial charge on any atom is 0.240 e. The molecule has 1 atom stereocenters. The molecule has 0 aromatic heterocycles. The minimum Gasteiger partial charge on any atom is -0.383 e. The molecule has 0 bridgehead atoms. The van der Waals surface area contributed by atoms with Crippen LogP contribution in [-0.2, 0) is 10.0 Å². The summed E-state index contributed by atoms with van der Waals surface area (Å²) in [7, 11) is -3.35. The first-order valence-electron chi connectivity index (χ1n) is 7.21. The van der Waals surface area contributed by atoms with Gasteiger partial charge in [0, 0.05) is 18.3 Å². The first kappa shape index (κ1) is 17.0. The number of anilines is 1. The smallest absolute Gasteiger partial charge is 0.240 e. The highest BCUT2D eigenvalue weighted by atomic mass is 32.2. The molecule has 1 aromatic rings. The Morgan fingerprint density at radius 2 is 1.65 bits per heavy atom. The van der Waals surface area contributed by atoms with Crippen LogP contribution < -0.4 is 10.0 Å². The highest BCUT2D eigenvalue weighted by Crippen LogP contribution is 2.16. The molecular weight excluding hydrogens is 272 g/mol. The zero-order chi connectivity index (χ0) is 15.2. The van der Waals surface area contributed by atoms with Crippen molar-refractivity contribution in [1.29, 1.82) is 0 Å². The van der Waals surface area contributed by atoms with E-state index in [0.29, 0.717) is 23.4 Å². The molecule has 0 saturated carbocycles. The number of hydrogen-bond donors (Lipinski definition) is 2. The van der Waals surface area contributed by atoms with Crippen LogP contribution in [0.3, 0.4) is 0 Å². The van der Waals surface area contributed by atoms with E-state index in [1.165, 1.54) is 6.42 Å². The molecule has 0 amide bonds. The fraction of sp³-hybridized carbons (Fsp3) is 0.600. The maximum absolute atomic E-state index is 11.8. The lowest BCUT2D eigenvalue weighted by Gasteiger charge is -2.16. The molecule has 0 aliphatic carbocycles. The molecule has 5 heteroatoms. The van der Waals surface area contributed by atoms with E-state index in [2.05, 4.69) is 30.8 Å². The molecule has 2 N–H and O–H groups in total. The fourth-order valence-electron chi connectivity index (χ4n) is 1.94. The van der Waals surface area contributed by atoms with Gasteiger partial charge in [-0.25, -0.2) is 13.1 Å². The van der Waals surface area contributed by atoms with E-state index in [0.717, 1.165) is 12.1 Å². The molecule has 114 valence electrons. The van der Waals surface area contributed by atoms with Crippen LogP contribution in [-0.4, -0.2) is 21.0 Å². The van der Waals surface area contributed by atoms with E-state index in [-0.39, 0.29) is 0 Å². The Kier molecular flexibility index (Phi) is 6.49. The van der Waals surface area contributed by atoms with Crippen molar-refractivity contribution in [2.45, 2.75) is 51.5 Å². The van der Waals surface area contributed by atoms with Gasteiger partial charge in [0.2, 0.25) is 10.0 Å². The average Bonchev–Trinajstić information content (AvgIpc) is 2.37. The van der Waals surface area contributed by atoms with Gasteiger partial charge in [0.25, 0.3) is 0 Å². The normalized spacial score (nSPS) is 13.4. The molecule has 4 nitrogen and oxygen atoms in total. The Balaban J connectivity index is 2.63. The van der Waals surface area contributed by atoms with Gasteiger partial charge in [-0.3, -0.25) is 0 Å². The maximum atomic E-state index is 11.8. The summed E-state index contributed by atoms with van der Waals surface area (Å²) < 4.78 is 26.1. The predicted molar refractivity (Wildman–Crippen MR) is 84.5 cm³/mol. The highest BCUT2D eigenvalue weighted by molar-refractivity contribution is 7.89. The summed E-state index contributed by atoms with van der Waals surface area (Å²) in [6, 6.07) is 7.28. The number of nitrogens with one attached hydrogen (secondary N) is 2. The standard InChI is InChI=1S/C15H26N2O2S/c1-5-16-20(18,19)15-10-8-14(9-11-15)17-13(4)7-6-12(2)3/h8-13,16-17H,5-7H2,1-4H3. The van der Waals surface area contributed by atoms with Crippen molar-refractivity contribution in [3.63, 3.8) is 0 Å². The lowest BCUT2D eigenvalue weighted by Crippen LogP contribution is -2.23. The number of rotatable bonds is 8. The first-order chi connectivity index (χ1) is 9.35. The van der Waals surface area contributed by atoms with Crippen LogP contribution in [0.5, 0.6) is 0 Å². The van der Waals surface area contributed by atoms with E-state index in [4.69, 9.17) is 0 Å². The molecular formula is C15H26N2O2S. The van der Waals surface area contributed by atoms with Crippen LogP contribution in [0.2, 0.25) is 0 Å². The second-order valence-corrected chi connectivity index (χ2v) is 7.31. The van der Waals surface area contributed by atoms with Crippen molar-refractivity contribution in [3.8, 4) is 0 Å². The molecule has 0 fully saturated rings. The van der Waals surface area contributed by atoms with Crippen molar-refractivity contribution >= 4 is 15.7 Å². The zero-order valence-corrected chi connectivity index (χ0v) is 13.6. The molecule has 0 aliphatic rings. The monoisotopic (exact) mass is 298 g/mol. The van der Waals surface area contributed by atoms with E-state index >= 15 is 0 Å². The van der Waals surface area contributed by atoms with Crippen LogP contribution in [0.15, 0.2) is 29.2 Å². The van der Waals surface area contributed by atoms with Gasteiger partial charge in [-0.2, -0.15) is 0 Å². The Morgan fingerprint density at radius 3 is 2.15 bits per heavy atom. The van der Waals surface area contributed by atoms with Crippen LogP contribution in [0, 0.1) is 5.92 Å². The molecule has 0 saturated heterocycles. The Bertz CT molecular complexity index is 495.